The van der Waals surface area contributed by atoms with Crippen LogP contribution in [0.4, 0.5) is 0 Å². The molecule has 0 aliphatic heterocycles. The van der Waals surface area contributed by atoms with Gasteiger partial charge in [0.05, 0.1) is 10.7 Å². The smallest absolute Gasteiger partial charge is 0.146 e. The van der Waals surface area contributed by atoms with Gasteiger partial charge in [-0.1, -0.05) is 6.07 Å². The Hall–Kier alpha value is -1.26. The Bertz CT molecular complexity index is 508. The van der Waals surface area contributed by atoms with Crippen LogP contribution in [0.1, 0.15) is 16.9 Å². The predicted octanol–water partition coefficient (Wildman–Crippen LogP) is 3.39. The van der Waals surface area contributed by atoms with Crippen LogP contribution in [0, 0.1) is 6.92 Å². The van der Waals surface area contributed by atoms with Gasteiger partial charge < -0.3 is 14.9 Å². The Balaban J connectivity index is 2.07. The number of hydrogen-bond donors (Lipinski definition) is 1. The summed E-state index contributed by atoms with van der Waals surface area (Å²) in [5, 5.41) is 0. The van der Waals surface area contributed by atoms with Gasteiger partial charge in [0.15, 0.2) is 0 Å². The van der Waals surface area contributed by atoms with Gasteiger partial charge in [0, 0.05) is 12.1 Å². The number of nitrogens with two attached hydrogens (primary N) is 1. The second-order valence-corrected chi connectivity index (χ2v) is 4.65. The second-order valence-electron chi connectivity index (χ2n) is 3.80. The zero-order chi connectivity index (χ0) is 12.3. The van der Waals surface area contributed by atoms with Gasteiger partial charge in [0.1, 0.15) is 18.1 Å². The summed E-state index contributed by atoms with van der Waals surface area (Å²) in [6.07, 6.45) is 1.63. The molecule has 2 N–H and O–H groups in total. The Morgan fingerprint density at radius 1 is 1.35 bits per heavy atom. The number of furan rings is 1. The summed E-state index contributed by atoms with van der Waals surface area (Å²) in [6.45, 7) is 2.89. The highest BCUT2D eigenvalue weighted by Gasteiger charge is 2.07. The van der Waals surface area contributed by atoms with Crippen LogP contribution in [0.15, 0.2) is 39.4 Å². The molecule has 0 aliphatic rings. The molecule has 3 nitrogen and oxygen atoms in total. The SMILES string of the molecule is Cc1ccc(OCc2occc2CN)c(Br)c1. The van der Waals surface area contributed by atoms with Crippen molar-refractivity contribution in [1.82, 2.24) is 0 Å². The highest BCUT2D eigenvalue weighted by molar-refractivity contribution is 9.10. The second kappa shape index (κ2) is 5.38. The average molecular weight is 296 g/mol. The lowest BCUT2D eigenvalue weighted by Crippen LogP contribution is -2.02. The van der Waals surface area contributed by atoms with E-state index in [0.29, 0.717) is 13.2 Å². The Kier molecular flexibility index (Phi) is 3.86. The van der Waals surface area contributed by atoms with Crippen LogP contribution in [0.25, 0.3) is 0 Å². The zero-order valence-electron chi connectivity index (χ0n) is 9.57. The molecule has 90 valence electrons. The maximum Gasteiger partial charge on any atom is 0.146 e. The van der Waals surface area contributed by atoms with Crippen molar-refractivity contribution in [2.75, 3.05) is 0 Å². The van der Waals surface area contributed by atoms with E-state index in [1.54, 1.807) is 6.26 Å². The first-order chi connectivity index (χ1) is 8.20. The van der Waals surface area contributed by atoms with E-state index < -0.39 is 0 Å². The maximum absolute atomic E-state index is 5.68. The van der Waals surface area contributed by atoms with Crippen LogP contribution in [-0.2, 0) is 13.2 Å². The number of rotatable bonds is 4. The van der Waals surface area contributed by atoms with Gasteiger partial charge >= 0.3 is 0 Å². The van der Waals surface area contributed by atoms with Crippen LogP contribution < -0.4 is 10.5 Å². The van der Waals surface area contributed by atoms with E-state index in [1.165, 1.54) is 5.56 Å². The Morgan fingerprint density at radius 2 is 2.18 bits per heavy atom. The van der Waals surface area contributed by atoms with E-state index in [2.05, 4.69) is 15.9 Å². The summed E-state index contributed by atoms with van der Waals surface area (Å²) in [7, 11) is 0. The first-order valence-corrected chi connectivity index (χ1v) is 6.14. The summed E-state index contributed by atoms with van der Waals surface area (Å²) < 4.78 is 11.9. The predicted molar refractivity (Wildman–Crippen MR) is 69.8 cm³/mol. The molecule has 0 bridgehead atoms. The molecule has 0 unspecified atom stereocenters. The van der Waals surface area contributed by atoms with Crippen molar-refractivity contribution in [3.8, 4) is 5.75 Å². The van der Waals surface area contributed by atoms with Crippen LogP contribution in [0.3, 0.4) is 0 Å². The normalized spacial score (nSPS) is 10.5. The Morgan fingerprint density at radius 3 is 2.88 bits per heavy atom. The summed E-state index contributed by atoms with van der Waals surface area (Å²) >= 11 is 3.47. The lowest BCUT2D eigenvalue weighted by molar-refractivity contribution is 0.267. The van der Waals surface area contributed by atoms with Crippen molar-refractivity contribution < 1.29 is 9.15 Å². The maximum atomic E-state index is 5.68. The molecule has 2 rings (SSSR count). The van der Waals surface area contributed by atoms with Crippen LogP contribution in [-0.4, -0.2) is 0 Å². The van der Waals surface area contributed by atoms with Crippen LogP contribution >= 0.6 is 15.9 Å². The van der Waals surface area contributed by atoms with E-state index in [0.717, 1.165) is 21.5 Å². The number of hydrogen-bond acceptors (Lipinski definition) is 3. The molecule has 0 saturated carbocycles. The summed E-state index contributed by atoms with van der Waals surface area (Å²) in [5.41, 5.74) is 7.75. The van der Waals surface area contributed by atoms with Crippen molar-refractivity contribution in [2.24, 2.45) is 5.73 Å². The first-order valence-electron chi connectivity index (χ1n) is 5.35. The molecule has 1 aromatic heterocycles. The fourth-order valence-corrected chi connectivity index (χ4v) is 2.15. The van der Waals surface area contributed by atoms with E-state index >= 15 is 0 Å². The van der Waals surface area contributed by atoms with Crippen molar-refractivity contribution in [1.29, 1.82) is 0 Å². The lowest BCUT2D eigenvalue weighted by Gasteiger charge is -2.08. The minimum Gasteiger partial charge on any atom is -0.484 e. The molecule has 4 heteroatoms. The van der Waals surface area contributed by atoms with Crippen molar-refractivity contribution in [2.45, 2.75) is 20.1 Å². The van der Waals surface area contributed by atoms with E-state index in [-0.39, 0.29) is 0 Å². The van der Waals surface area contributed by atoms with Gasteiger partial charge in [-0.15, -0.1) is 0 Å². The van der Waals surface area contributed by atoms with Crippen LogP contribution in [0.2, 0.25) is 0 Å². The van der Waals surface area contributed by atoms with Gasteiger partial charge in [-0.2, -0.15) is 0 Å². The van der Waals surface area contributed by atoms with Gasteiger partial charge in [0.25, 0.3) is 0 Å². The molecule has 1 heterocycles. The molecule has 0 saturated heterocycles. The minimum atomic E-state index is 0.390. The molecule has 0 amide bonds. The highest BCUT2D eigenvalue weighted by Crippen LogP contribution is 2.26. The summed E-state index contributed by atoms with van der Waals surface area (Å²) in [4.78, 5) is 0. The number of benzene rings is 1. The van der Waals surface area contributed by atoms with Crippen molar-refractivity contribution in [3.63, 3.8) is 0 Å². The quantitative estimate of drug-likeness (QED) is 0.940. The summed E-state index contributed by atoms with van der Waals surface area (Å²) in [6, 6.07) is 7.82. The van der Waals surface area contributed by atoms with E-state index in [9.17, 15) is 0 Å². The minimum absolute atomic E-state index is 0.390. The standard InChI is InChI=1S/C13H14BrNO2/c1-9-2-3-12(11(14)6-9)17-8-13-10(7-15)4-5-16-13/h2-6H,7-8,15H2,1H3. The van der Waals surface area contributed by atoms with Crippen molar-refractivity contribution in [3.05, 3.63) is 51.9 Å². The van der Waals surface area contributed by atoms with E-state index in [1.807, 2.05) is 31.2 Å². The van der Waals surface area contributed by atoms with Gasteiger partial charge in [-0.3, -0.25) is 0 Å². The number of ether oxygens (including phenoxy) is 1. The molecule has 1 aromatic carbocycles. The van der Waals surface area contributed by atoms with Gasteiger partial charge in [0.2, 0.25) is 0 Å². The third kappa shape index (κ3) is 2.90. The topological polar surface area (TPSA) is 48.4 Å². The molecule has 2 aromatic rings. The summed E-state index contributed by atoms with van der Waals surface area (Å²) in [5.74, 6) is 1.58. The fourth-order valence-electron chi connectivity index (χ4n) is 1.54. The average Bonchev–Trinajstić information content (AvgIpc) is 2.75. The molecule has 0 atom stereocenters. The molecule has 0 radical (unpaired) electrons. The molecule has 0 aliphatic carbocycles. The fraction of sp³-hybridized carbons (Fsp3) is 0.231. The molecule has 17 heavy (non-hydrogen) atoms. The highest BCUT2D eigenvalue weighted by atomic mass is 79.9. The largest absolute Gasteiger partial charge is 0.484 e. The zero-order valence-corrected chi connectivity index (χ0v) is 11.2. The first kappa shape index (κ1) is 12.2. The Labute approximate surface area is 109 Å². The molecular weight excluding hydrogens is 282 g/mol. The van der Waals surface area contributed by atoms with E-state index in [4.69, 9.17) is 14.9 Å². The third-order valence-electron chi connectivity index (χ3n) is 2.50. The van der Waals surface area contributed by atoms with Gasteiger partial charge in [-0.05, 0) is 46.6 Å². The number of aryl methyl sites for hydroxylation is 1. The van der Waals surface area contributed by atoms with Crippen molar-refractivity contribution >= 4 is 15.9 Å². The van der Waals surface area contributed by atoms with Crippen LogP contribution in [0.5, 0.6) is 5.75 Å². The molecule has 0 spiro atoms. The van der Waals surface area contributed by atoms with Gasteiger partial charge in [-0.25, -0.2) is 0 Å². The monoisotopic (exact) mass is 295 g/mol. The number of halogens is 1. The molecule has 0 fully saturated rings. The lowest BCUT2D eigenvalue weighted by atomic mass is 10.2. The third-order valence-corrected chi connectivity index (χ3v) is 3.12. The molecular formula is C13H14BrNO2.